The first-order valence-electron chi connectivity index (χ1n) is 13.5. The molecule has 31 heavy (non-hydrogen) atoms. The van der Waals surface area contributed by atoms with Crippen molar-refractivity contribution < 1.29 is 14.6 Å². The van der Waals surface area contributed by atoms with Gasteiger partial charge in [-0.15, -0.1) is 0 Å². The van der Waals surface area contributed by atoms with Gasteiger partial charge in [0.1, 0.15) is 0 Å². The van der Waals surface area contributed by atoms with Gasteiger partial charge >= 0.3 is 5.97 Å². The van der Waals surface area contributed by atoms with Gasteiger partial charge in [0.25, 0.3) is 0 Å². The highest BCUT2D eigenvalue weighted by Crippen LogP contribution is 2.49. The van der Waals surface area contributed by atoms with Gasteiger partial charge in [-0.1, -0.05) is 38.5 Å². The van der Waals surface area contributed by atoms with E-state index in [9.17, 15) is 4.79 Å². The molecule has 2 saturated carbocycles. The number of carboxylic acids is 1. The third kappa shape index (κ3) is 6.45. The summed E-state index contributed by atoms with van der Waals surface area (Å²) in [5.41, 5.74) is 0.529. The largest absolute Gasteiger partial charge is 0.481 e. The Hall–Kier alpha value is -0.650. The van der Waals surface area contributed by atoms with E-state index in [2.05, 4.69) is 10.6 Å². The molecule has 0 aromatic carbocycles. The molecule has 0 aromatic rings. The number of fused-ring (bicyclic) bond motifs is 1. The van der Waals surface area contributed by atoms with Crippen LogP contribution in [-0.4, -0.2) is 42.5 Å². The van der Waals surface area contributed by atoms with E-state index < -0.39 is 5.97 Å². The van der Waals surface area contributed by atoms with Crippen molar-refractivity contribution >= 4 is 5.97 Å². The van der Waals surface area contributed by atoms with Crippen molar-refractivity contribution in [1.82, 2.24) is 10.6 Å². The maximum Gasteiger partial charge on any atom is 0.303 e. The molecule has 2 heterocycles. The van der Waals surface area contributed by atoms with E-state index >= 15 is 0 Å². The normalized spacial score (nSPS) is 35.9. The Balaban J connectivity index is 1.28. The minimum absolute atomic E-state index is 0.224. The lowest BCUT2D eigenvalue weighted by molar-refractivity contribution is -0.137. The molecular formula is C26H46N2O3. The van der Waals surface area contributed by atoms with Gasteiger partial charge in [0.15, 0.2) is 0 Å². The molecule has 4 fully saturated rings. The Morgan fingerprint density at radius 2 is 1.74 bits per heavy atom. The number of carboxylic acid groups (broad SMARTS) is 1. The van der Waals surface area contributed by atoms with Crippen molar-refractivity contribution in [1.29, 1.82) is 0 Å². The van der Waals surface area contributed by atoms with Crippen LogP contribution in [0.15, 0.2) is 0 Å². The van der Waals surface area contributed by atoms with Crippen molar-refractivity contribution in [3.63, 3.8) is 0 Å². The van der Waals surface area contributed by atoms with Crippen molar-refractivity contribution in [2.45, 2.75) is 127 Å². The molecule has 4 aliphatic rings. The number of ether oxygens (including phenoxy) is 1. The number of hydrogen-bond acceptors (Lipinski definition) is 4. The number of piperidine rings is 2. The summed E-state index contributed by atoms with van der Waals surface area (Å²) in [7, 11) is 0. The van der Waals surface area contributed by atoms with Crippen LogP contribution in [0.2, 0.25) is 0 Å². The molecule has 1 spiro atoms. The zero-order chi connectivity index (χ0) is 21.5. The highest BCUT2D eigenvalue weighted by molar-refractivity contribution is 5.66. The zero-order valence-corrected chi connectivity index (χ0v) is 19.6. The van der Waals surface area contributed by atoms with E-state index in [0.29, 0.717) is 36.8 Å². The third-order valence-electron chi connectivity index (χ3n) is 8.92. The lowest BCUT2D eigenvalue weighted by Gasteiger charge is -2.53. The van der Waals surface area contributed by atoms with Crippen LogP contribution < -0.4 is 10.6 Å². The van der Waals surface area contributed by atoms with Crippen LogP contribution in [-0.2, 0) is 9.53 Å². The van der Waals surface area contributed by atoms with E-state index in [1.54, 1.807) is 0 Å². The number of rotatable bonds is 8. The van der Waals surface area contributed by atoms with Gasteiger partial charge in [0, 0.05) is 19.1 Å². The second kappa shape index (κ2) is 11.5. The fourth-order valence-electron chi connectivity index (χ4n) is 7.08. The van der Waals surface area contributed by atoms with Crippen LogP contribution in [0.5, 0.6) is 0 Å². The summed E-state index contributed by atoms with van der Waals surface area (Å²) in [5, 5.41) is 16.7. The van der Waals surface area contributed by atoms with E-state index in [4.69, 9.17) is 9.84 Å². The minimum Gasteiger partial charge on any atom is -0.481 e. The topological polar surface area (TPSA) is 70.6 Å². The first kappa shape index (κ1) is 23.5. The van der Waals surface area contributed by atoms with Crippen LogP contribution in [0.4, 0.5) is 0 Å². The molecular weight excluding hydrogens is 388 g/mol. The van der Waals surface area contributed by atoms with Gasteiger partial charge < -0.3 is 15.2 Å². The summed E-state index contributed by atoms with van der Waals surface area (Å²) in [6.45, 7) is 1.78. The maximum atomic E-state index is 10.6. The average molecular weight is 435 g/mol. The van der Waals surface area contributed by atoms with E-state index in [0.717, 1.165) is 11.8 Å². The summed E-state index contributed by atoms with van der Waals surface area (Å²) in [5.74, 6) is 0.915. The highest BCUT2D eigenvalue weighted by Gasteiger charge is 2.47. The van der Waals surface area contributed by atoms with Gasteiger partial charge in [0.2, 0.25) is 0 Å². The van der Waals surface area contributed by atoms with Gasteiger partial charge in [-0.2, -0.15) is 0 Å². The van der Waals surface area contributed by atoms with Gasteiger partial charge in [-0.3, -0.25) is 10.1 Å². The highest BCUT2D eigenvalue weighted by atomic mass is 16.5. The van der Waals surface area contributed by atoms with E-state index in [1.165, 1.54) is 103 Å². The zero-order valence-electron chi connectivity index (χ0n) is 19.6. The summed E-state index contributed by atoms with van der Waals surface area (Å²) in [6.07, 6.45) is 22.5. The summed E-state index contributed by atoms with van der Waals surface area (Å²) in [4.78, 5) is 10.6. The predicted octanol–water partition coefficient (Wildman–Crippen LogP) is 5.24. The van der Waals surface area contributed by atoms with Gasteiger partial charge in [-0.05, 0) is 88.0 Å². The quantitative estimate of drug-likeness (QED) is 0.456. The van der Waals surface area contributed by atoms with Gasteiger partial charge in [-0.25, -0.2) is 0 Å². The Bertz CT molecular complexity index is 553. The molecule has 2 saturated heterocycles. The first-order valence-corrected chi connectivity index (χ1v) is 13.5. The standard InChI is InChI=1S/C26H46N2O3/c29-24(30)10-8-16-31-22-17-20(18-22)11-12-23-26(13-5-3-1-2-4-6-14-26)19-21-9-7-15-27-25(21)28-23/h20-23,25,27-28H,1-19H2,(H,29,30). The monoisotopic (exact) mass is 434 g/mol. The molecule has 4 rings (SSSR count). The molecule has 2 aliphatic heterocycles. The molecule has 0 radical (unpaired) electrons. The smallest absolute Gasteiger partial charge is 0.303 e. The third-order valence-corrected chi connectivity index (χ3v) is 8.92. The Labute approximate surface area is 189 Å². The summed E-state index contributed by atoms with van der Waals surface area (Å²) < 4.78 is 5.89. The molecule has 2 aliphatic carbocycles. The summed E-state index contributed by atoms with van der Waals surface area (Å²) >= 11 is 0. The van der Waals surface area contributed by atoms with Crippen LogP contribution in [0.25, 0.3) is 0 Å². The van der Waals surface area contributed by atoms with Crippen LogP contribution in [0.1, 0.15) is 109 Å². The number of aliphatic carboxylic acids is 1. The molecule has 0 bridgehead atoms. The predicted molar refractivity (Wildman–Crippen MR) is 124 cm³/mol. The second-order valence-electron chi connectivity index (χ2n) is 11.1. The fourth-order valence-corrected chi connectivity index (χ4v) is 7.08. The van der Waals surface area contributed by atoms with Gasteiger partial charge in [0.05, 0.1) is 12.3 Å². The van der Waals surface area contributed by atoms with Crippen LogP contribution in [0.3, 0.4) is 0 Å². The number of carbonyl (C=O) groups is 1. The van der Waals surface area contributed by atoms with E-state index in [1.807, 2.05) is 0 Å². The SMILES string of the molecule is O=C(O)CCCOC1CC(CCC2NC3NCCCC3CC23CCCCCCCC3)C1. The Morgan fingerprint density at radius 3 is 2.48 bits per heavy atom. The molecule has 5 nitrogen and oxygen atoms in total. The average Bonchev–Trinajstić information content (AvgIpc) is 2.84. The molecule has 3 unspecified atom stereocenters. The lowest BCUT2D eigenvalue weighted by Crippen LogP contribution is -2.64. The van der Waals surface area contributed by atoms with Crippen molar-refractivity contribution in [3.8, 4) is 0 Å². The maximum absolute atomic E-state index is 10.6. The molecule has 0 aromatic heterocycles. The Morgan fingerprint density at radius 1 is 1.00 bits per heavy atom. The molecule has 0 amide bonds. The molecule has 3 N–H and O–H groups in total. The summed E-state index contributed by atoms with van der Waals surface area (Å²) in [6, 6.07) is 0.674. The Kier molecular flexibility index (Phi) is 8.70. The fraction of sp³-hybridized carbons (Fsp3) is 0.962. The minimum atomic E-state index is -0.719. The van der Waals surface area contributed by atoms with Crippen molar-refractivity contribution in [3.05, 3.63) is 0 Å². The number of hydrogen-bond donors (Lipinski definition) is 3. The second-order valence-corrected chi connectivity index (χ2v) is 11.1. The van der Waals surface area contributed by atoms with Crippen LogP contribution in [0, 0.1) is 17.3 Å². The molecule has 178 valence electrons. The van der Waals surface area contributed by atoms with E-state index in [-0.39, 0.29) is 6.42 Å². The van der Waals surface area contributed by atoms with Crippen molar-refractivity contribution in [2.75, 3.05) is 13.2 Å². The lowest BCUT2D eigenvalue weighted by atomic mass is 9.61. The van der Waals surface area contributed by atoms with Crippen molar-refractivity contribution in [2.24, 2.45) is 17.3 Å². The molecule has 5 heteroatoms. The molecule has 3 atom stereocenters. The van der Waals surface area contributed by atoms with Crippen LogP contribution >= 0.6 is 0 Å². The number of nitrogens with one attached hydrogen (secondary N) is 2. The first-order chi connectivity index (χ1) is 15.1.